The van der Waals surface area contributed by atoms with Crippen LogP contribution in [0.1, 0.15) is 28.9 Å². The SMILES string of the molecule is COC(=O)c1ccc(S(=O)(=O)NC(C)c2ccc(Cl)cc2Cl)cc1. The Bertz CT molecular complexity index is 851. The summed E-state index contributed by atoms with van der Waals surface area (Å²) in [6.07, 6.45) is 0. The Hall–Kier alpha value is -1.60. The van der Waals surface area contributed by atoms with E-state index in [0.29, 0.717) is 15.6 Å². The van der Waals surface area contributed by atoms with Crippen LogP contribution in [-0.4, -0.2) is 21.5 Å². The molecule has 24 heavy (non-hydrogen) atoms. The molecule has 0 fully saturated rings. The highest BCUT2D eigenvalue weighted by atomic mass is 35.5. The summed E-state index contributed by atoms with van der Waals surface area (Å²) in [6.45, 7) is 1.68. The van der Waals surface area contributed by atoms with Crippen LogP contribution in [0.2, 0.25) is 10.0 Å². The fourth-order valence-corrected chi connectivity index (χ4v) is 3.90. The molecule has 0 heterocycles. The van der Waals surface area contributed by atoms with E-state index in [1.54, 1.807) is 25.1 Å². The molecule has 1 N–H and O–H groups in total. The summed E-state index contributed by atoms with van der Waals surface area (Å²) in [7, 11) is -2.52. The van der Waals surface area contributed by atoms with Crippen molar-refractivity contribution >= 4 is 39.2 Å². The molecule has 1 unspecified atom stereocenters. The molecule has 0 radical (unpaired) electrons. The molecule has 0 aliphatic rings. The zero-order valence-corrected chi connectivity index (χ0v) is 15.2. The van der Waals surface area contributed by atoms with Gasteiger partial charge in [-0.1, -0.05) is 29.3 Å². The van der Waals surface area contributed by atoms with Gasteiger partial charge in [0.05, 0.1) is 17.6 Å². The van der Waals surface area contributed by atoms with Gasteiger partial charge in [-0.15, -0.1) is 0 Å². The Balaban J connectivity index is 2.22. The third-order valence-corrected chi connectivity index (χ3v) is 5.47. The number of carbonyl (C=O) groups excluding carboxylic acids is 1. The Morgan fingerprint density at radius 1 is 1.12 bits per heavy atom. The Morgan fingerprint density at radius 3 is 2.29 bits per heavy atom. The molecule has 2 aromatic carbocycles. The number of nitrogens with one attached hydrogen (secondary N) is 1. The lowest BCUT2D eigenvalue weighted by Crippen LogP contribution is -2.27. The van der Waals surface area contributed by atoms with E-state index in [4.69, 9.17) is 23.2 Å². The first-order valence-corrected chi connectivity index (χ1v) is 9.14. The van der Waals surface area contributed by atoms with Crippen LogP contribution in [-0.2, 0) is 14.8 Å². The van der Waals surface area contributed by atoms with Gasteiger partial charge < -0.3 is 4.74 Å². The zero-order valence-electron chi connectivity index (χ0n) is 12.9. The molecule has 2 rings (SSSR count). The largest absolute Gasteiger partial charge is 0.465 e. The Kier molecular flexibility index (Phi) is 5.87. The number of carbonyl (C=O) groups is 1. The van der Waals surface area contributed by atoms with Crippen LogP contribution >= 0.6 is 23.2 Å². The highest BCUT2D eigenvalue weighted by Crippen LogP contribution is 2.27. The highest BCUT2D eigenvalue weighted by Gasteiger charge is 2.20. The van der Waals surface area contributed by atoms with Crippen LogP contribution in [0.3, 0.4) is 0 Å². The van der Waals surface area contributed by atoms with Crippen LogP contribution in [0, 0.1) is 0 Å². The number of methoxy groups -OCH3 is 1. The normalized spacial score (nSPS) is 12.7. The fourth-order valence-electron chi connectivity index (χ4n) is 2.10. The van der Waals surface area contributed by atoms with Crippen molar-refractivity contribution in [1.82, 2.24) is 4.72 Å². The van der Waals surface area contributed by atoms with Crippen molar-refractivity contribution < 1.29 is 17.9 Å². The van der Waals surface area contributed by atoms with E-state index < -0.39 is 22.0 Å². The van der Waals surface area contributed by atoms with Crippen molar-refractivity contribution in [3.8, 4) is 0 Å². The average molecular weight is 388 g/mol. The standard InChI is InChI=1S/C16H15Cl2NO4S/c1-10(14-8-5-12(17)9-15(14)18)19-24(21,22)13-6-3-11(4-7-13)16(20)23-2/h3-10,19H,1-2H3. The predicted molar refractivity (Wildman–Crippen MR) is 93.0 cm³/mol. The maximum Gasteiger partial charge on any atom is 0.337 e. The molecule has 0 amide bonds. The number of ether oxygens (including phenoxy) is 1. The average Bonchev–Trinajstić information content (AvgIpc) is 2.53. The van der Waals surface area contributed by atoms with Crippen molar-refractivity contribution in [3.05, 3.63) is 63.6 Å². The summed E-state index contributed by atoms with van der Waals surface area (Å²) < 4.78 is 32.0. The maximum absolute atomic E-state index is 12.4. The van der Waals surface area contributed by atoms with Crippen LogP contribution in [0.25, 0.3) is 0 Å². The third kappa shape index (κ3) is 4.27. The molecule has 0 aliphatic heterocycles. The van der Waals surface area contributed by atoms with Gasteiger partial charge in [-0.3, -0.25) is 0 Å². The fraction of sp³-hybridized carbons (Fsp3) is 0.188. The number of rotatable bonds is 5. The molecule has 8 heteroatoms. The third-order valence-electron chi connectivity index (χ3n) is 3.35. The van der Waals surface area contributed by atoms with Gasteiger partial charge in [0.25, 0.3) is 0 Å². The summed E-state index contributed by atoms with van der Waals surface area (Å²) in [6, 6.07) is 9.75. The lowest BCUT2D eigenvalue weighted by atomic mass is 10.1. The van der Waals surface area contributed by atoms with E-state index >= 15 is 0 Å². The quantitative estimate of drug-likeness (QED) is 0.791. The van der Waals surface area contributed by atoms with Gasteiger partial charge in [-0.2, -0.15) is 0 Å². The Morgan fingerprint density at radius 2 is 1.75 bits per heavy atom. The zero-order chi connectivity index (χ0) is 17.9. The number of hydrogen-bond acceptors (Lipinski definition) is 4. The second-order valence-corrected chi connectivity index (χ2v) is 7.58. The van der Waals surface area contributed by atoms with Crippen molar-refractivity contribution in [2.75, 3.05) is 7.11 Å². The van der Waals surface area contributed by atoms with Gasteiger partial charge in [-0.05, 0) is 48.9 Å². The molecule has 1 atom stereocenters. The number of esters is 1. The van der Waals surface area contributed by atoms with Gasteiger partial charge in [0.2, 0.25) is 10.0 Å². The lowest BCUT2D eigenvalue weighted by molar-refractivity contribution is 0.0600. The van der Waals surface area contributed by atoms with Gasteiger partial charge in [0.15, 0.2) is 0 Å². The van der Waals surface area contributed by atoms with Crippen LogP contribution < -0.4 is 4.72 Å². The van der Waals surface area contributed by atoms with Crippen molar-refractivity contribution in [2.45, 2.75) is 17.9 Å². The highest BCUT2D eigenvalue weighted by molar-refractivity contribution is 7.89. The summed E-state index contributed by atoms with van der Waals surface area (Å²) in [5, 5.41) is 0.843. The van der Waals surface area contributed by atoms with Gasteiger partial charge in [-0.25, -0.2) is 17.9 Å². The van der Waals surface area contributed by atoms with Gasteiger partial charge >= 0.3 is 5.97 Å². The second-order valence-electron chi connectivity index (χ2n) is 5.02. The molecule has 0 aromatic heterocycles. The summed E-state index contributed by atoms with van der Waals surface area (Å²) >= 11 is 11.9. The van der Waals surface area contributed by atoms with E-state index in [-0.39, 0.29) is 10.5 Å². The van der Waals surface area contributed by atoms with E-state index in [0.717, 1.165) is 0 Å². The topological polar surface area (TPSA) is 72.5 Å². The molecule has 128 valence electrons. The minimum Gasteiger partial charge on any atom is -0.465 e. The van der Waals surface area contributed by atoms with E-state index in [9.17, 15) is 13.2 Å². The number of halogens is 2. The molecule has 0 saturated carbocycles. The smallest absolute Gasteiger partial charge is 0.337 e. The van der Waals surface area contributed by atoms with Gasteiger partial charge in [0.1, 0.15) is 0 Å². The molecular formula is C16H15Cl2NO4S. The first kappa shape index (κ1) is 18.7. The maximum atomic E-state index is 12.4. The second kappa shape index (κ2) is 7.53. The minimum absolute atomic E-state index is 0.0343. The van der Waals surface area contributed by atoms with E-state index in [2.05, 4.69) is 9.46 Å². The molecule has 0 spiro atoms. The van der Waals surface area contributed by atoms with E-state index in [1.807, 2.05) is 0 Å². The number of hydrogen-bond donors (Lipinski definition) is 1. The first-order chi connectivity index (χ1) is 11.2. The number of benzene rings is 2. The number of sulfonamides is 1. The molecule has 0 aliphatic carbocycles. The van der Waals surface area contributed by atoms with Crippen molar-refractivity contribution in [1.29, 1.82) is 0 Å². The minimum atomic E-state index is -3.78. The van der Waals surface area contributed by atoms with Crippen LogP contribution in [0.15, 0.2) is 47.4 Å². The van der Waals surface area contributed by atoms with E-state index in [1.165, 1.54) is 31.4 Å². The van der Waals surface area contributed by atoms with Crippen LogP contribution in [0.5, 0.6) is 0 Å². The Labute approximate surface area is 150 Å². The summed E-state index contributed by atoms with van der Waals surface area (Å²) in [5.74, 6) is -0.534. The first-order valence-electron chi connectivity index (χ1n) is 6.90. The molecule has 5 nitrogen and oxygen atoms in total. The molecule has 0 bridgehead atoms. The molecule has 0 saturated heterocycles. The predicted octanol–water partition coefficient (Wildman–Crippen LogP) is 3.82. The van der Waals surface area contributed by atoms with Crippen molar-refractivity contribution in [3.63, 3.8) is 0 Å². The monoisotopic (exact) mass is 387 g/mol. The summed E-state index contributed by atoms with van der Waals surface area (Å²) in [5.41, 5.74) is 0.876. The van der Waals surface area contributed by atoms with Gasteiger partial charge in [0, 0.05) is 16.1 Å². The molecular weight excluding hydrogens is 373 g/mol. The molecule has 2 aromatic rings. The van der Waals surface area contributed by atoms with Crippen molar-refractivity contribution in [2.24, 2.45) is 0 Å². The lowest BCUT2D eigenvalue weighted by Gasteiger charge is -2.16. The summed E-state index contributed by atoms with van der Waals surface area (Å²) in [4.78, 5) is 11.4. The van der Waals surface area contributed by atoms with Crippen LogP contribution in [0.4, 0.5) is 0 Å².